The zero-order chi connectivity index (χ0) is 23.6. The maximum Gasteiger partial charge on any atom is 0.242 e. The molecule has 0 aromatic carbocycles. The van der Waals surface area contributed by atoms with E-state index in [1.165, 1.54) is 39.0 Å². The van der Waals surface area contributed by atoms with Crippen LogP contribution in [0.4, 0.5) is 0 Å². The highest BCUT2D eigenvalue weighted by molar-refractivity contribution is 5.85. The van der Waals surface area contributed by atoms with Crippen molar-refractivity contribution < 1.29 is 19.5 Å². The van der Waals surface area contributed by atoms with E-state index in [0.717, 1.165) is 32.1 Å². The van der Waals surface area contributed by atoms with E-state index >= 15 is 0 Å². The molecule has 7 heteroatoms. The van der Waals surface area contributed by atoms with E-state index in [2.05, 4.69) is 6.92 Å². The molecule has 4 aliphatic rings. The van der Waals surface area contributed by atoms with Gasteiger partial charge in [-0.2, -0.15) is 0 Å². The third-order valence-electron chi connectivity index (χ3n) is 9.20. The van der Waals surface area contributed by atoms with Gasteiger partial charge in [0.2, 0.25) is 17.7 Å². The van der Waals surface area contributed by atoms with Crippen LogP contribution in [-0.2, 0) is 14.4 Å². The third-order valence-corrected chi connectivity index (χ3v) is 9.20. The van der Waals surface area contributed by atoms with Crippen LogP contribution >= 0.6 is 0 Å². The van der Waals surface area contributed by atoms with Gasteiger partial charge in [-0.1, -0.05) is 51.9 Å². The Morgan fingerprint density at radius 3 is 2.33 bits per heavy atom. The Hall–Kier alpha value is -1.63. The number of piperazine rings is 1. The predicted molar refractivity (Wildman–Crippen MR) is 126 cm³/mol. The molecule has 0 aromatic rings. The summed E-state index contributed by atoms with van der Waals surface area (Å²) in [6.07, 6.45) is 11.9. The summed E-state index contributed by atoms with van der Waals surface area (Å²) in [5, 5.41) is 12.0. The van der Waals surface area contributed by atoms with Crippen molar-refractivity contribution in [3.8, 4) is 0 Å². The Kier molecular flexibility index (Phi) is 7.37. The lowest BCUT2D eigenvalue weighted by Crippen LogP contribution is -2.66. The van der Waals surface area contributed by atoms with Gasteiger partial charge in [0.15, 0.2) is 0 Å². The van der Waals surface area contributed by atoms with Gasteiger partial charge in [-0.05, 0) is 31.6 Å². The Labute approximate surface area is 198 Å². The lowest BCUT2D eigenvalue weighted by Gasteiger charge is -2.54. The first-order chi connectivity index (χ1) is 15.7. The summed E-state index contributed by atoms with van der Waals surface area (Å²) in [4.78, 5) is 43.2. The first-order valence-corrected chi connectivity index (χ1v) is 13.3. The number of hydrogen-bond donors (Lipinski definition) is 1. The van der Waals surface area contributed by atoms with Gasteiger partial charge in [0.05, 0.1) is 18.7 Å². The minimum atomic E-state index is -0.971. The monoisotopic (exact) mass is 461 g/mol. The zero-order valence-corrected chi connectivity index (χ0v) is 20.7. The molecular formula is C26H43N3O4. The first-order valence-electron chi connectivity index (χ1n) is 13.3. The first kappa shape index (κ1) is 24.5. The summed E-state index contributed by atoms with van der Waals surface area (Å²) in [5.41, 5.74) is -1.30. The van der Waals surface area contributed by atoms with Gasteiger partial charge in [-0.3, -0.25) is 14.4 Å². The van der Waals surface area contributed by atoms with E-state index in [1.807, 2.05) is 4.90 Å². The summed E-state index contributed by atoms with van der Waals surface area (Å²) in [7, 11) is 0. The molecule has 186 valence electrons. The Morgan fingerprint density at radius 2 is 1.70 bits per heavy atom. The molecule has 2 heterocycles. The highest BCUT2D eigenvalue weighted by Gasteiger charge is 2.56. The summed E-state index contributed by atoms with van der Waals surface area (Å²) in [6.45, 7) is 6.16. The standard InChI is InChI=1S/C26H43N3O4/c1-20(16-22-8-4-3-5-9-22)24(32)29-13-12-26(33,25(18-29)10-6-7-11-25)19-28-15-14-27(21(2)30)17-23(28)31/h20,22,33H,3-19H2,1-2H3. The maximum atomic E-state index is 13.4. The van der Waals surface area contributed by atoms with E-state index in [-0.39, 0.29) is 35.6 Å². The van der Waals surface area contributed by atoms with Crippen molar-refractivity contribution in [1.29, 1.82) is 0 Å². The molecule has 3 amide bonds. The smallest absolute Gasteiger partial charge is 0.242 e. The molecule has 7 nitrogen and oxygen atoms in total. The van der Waals surface area contributed by atoms with Crippen molar-refractivity contribution in [1.82, 2.24) is 14.7 Å². The second kappa shape index (κ2) is 9.93. The Bertz CT molecular complexity index is 744. The molecule has 0 radical (unpaired) electrons. The molecule has 2 saturated carbocycles. The fourth-order valence-corrected chi connectivity index (χ4v) is 7.08. The fraction of sp³-hybridized carbons (Fsp3) is 0.885. The fourth-order valence-electron chi connectivity index (χ4n) is 7.08. The molecule has 0 aromatic heterocycles. The number of hydrogen-bond acceptors (Lipinski definition) is 4. The molecule has 2 atom stereocenters. The molecule has 2 aliphatic heterocycles. The van der Waals surface area contributed by atoms with Crippen molar-refractivity contribution in [3.63, 3.8) is 0 Å². The number of nitrogens with zero attached hydrogens (tertiary/aromatic N) is 3. The predicted octanol–water partition coefficient (Wildman–Crippen LogP) is 2.81. The SMILES string of the molecule is CC(=O)N1CCN(CC2(O)CCN(C(=O)C(C)CC3CCCCC3)CC23CCCC3)C(=O)C1. The van der Waals surface area contributed by atoms with E-state index in [0.29, 0.717) is 45.1 Å². The second-order valence-electron chi connectivity index (χ2n) is 11.4. The maximum absolute atomic E-state index is 13.4. The van der Waals surface area contributed by atoms with Gasteiger partial charge in [0, 0.05) is 44.4 Å². The number of carbonyl (C=O) groups is 3. The number of aliphatic hydroxyl groups is 1. The van der Waals surface area contributed by atoms with Crippen LogP contribution < -0.4 is 0 Å². The molecule has 2 unspecified atom stereocenters. The van der Waals surface area contributed by atoms with E-state index in [9.17, 15) is 19.5 Å². The molecule has 1 spiro atoms. The highest BCUT2D eigenvalue weighted by Crippen LogP contribution is 2.51. The summed E-state index contributed by atoms with van der Waals surface area (Å²) in [5.74, 6) is 0.805. The number of carbonyl (C=O) groups excluding carboxylic acids is 3. The van der Waals surface area contributed by atoms with Crippen molar-refractivity contribution in [2.45, 2.75) is 90.1 Å². The lowest BCUT2D eigenvalue weighted by atomic mass is 9.65. The number of piperidine rings is 1. The molecule has 4 fully saturated rings. The van der Waals surface area contributed by atoms with Gasteiger partial charge >= 0.3 is 0 Å². The molecular weight excluding hydrogens is 418 g/mol. The van der Waals surface area contributed by atoms with Crippen molar-refractivity contribution >= 4 is 17.7 Å². The van der Waals surface area contributed by atoms with Gasteiger partial charge in [-0.15, -0.1) is 0 Å². The van der Waals surface area contributed by atoms with Crippen LogP contribution in [0.1, 0.15) is 84.5 Å². The van der Waals surface area contributed by atoms with Crippen molar-refractivity contribution in [2.24, 2.45) is 17.3 Å². The minimum Gasteiger partial charge on any atom is -0.387 e. The number of likely N-dealkylation sites (tertiary alicyclic amines) is 1. The lowest BCUT2D eigenvalue weighted by molar-refractivity contribution is -0.172. The quantitative estimate of drug-likeness (QED) is 0.683. The van der Waals surface area contributed by atoms with E-state index in [4.69, 9.17) is 0 Å². The van der Waals surface area contributed by atoms with E-state index < -0.39 is 5.60 Å². The number of β-amino-alcohol motifs (C(OH)–C–C–N with tert-alkyl or cyclic N) is 1. The molecule has 2 aliphatic carbocycles. The molecule has 1 N–H and O–H groups in total. The van der Waals surface area contributed by atoms with Gasteiger partial charge in [0.1, 0.15) is 0 Å². The van der Waals surface area contributed by atoms with Gasteiger partial charge < -0.3 is 19.8 Å². The van der Waals surface area contributed by atoms with Crippen LogP contribution in [0.15, 0.2) is 0 Å². The topological polar surface area (TPSA) is 81.2 Å². The second-order valence-corrected chi connectivity index (χ2v) is 11.4. The van der Waals surface area contributed by atoms with Crippen molar-refractivity contribution in [2.75, 3.05) is 39.3 Å². The molecule has 2 saturated heterocycles. The van der Waals surface area contributed by atoms with Crippen LogP contribution in [0.2, 0.25) is 0 Å². The van der Waals surface area contributed by atoms with Gasteiger partial charge in [0.25, 0.3) is 0 Å². The molecule has 33 heavy (non-hydrogen) atoms. The Morgan fingerprint density at radius 1 is 1.00 bits per heavy atom. The largest absolute Gasteiger partial charge is 0.387 e. The molecule has 4 rings (SSSR count). The van der Waals surface area contributed by atoms with Crippen LogP contribution in [0, 0.1) is 17.3 Å². The average molecular weight is 462 g/mol. The summed E-state index contributed by atoms with van der Waals surface area (Å²) in [6, 6.07) is 0. The van der Waals surface area contributed by atoms with Crippen LogP contribution in [0.5, 0.6) is 0 Å². The molecule has 0 bridgehead atoms. The van der Waals surface area contributed by atoms with E-state index in [1.54, 1.807) is 9.80 Å². The van der Waals surface area contributed by atoms with Crippen LogP contribution in [0.25, 0.3) is 0 Å². The Balaban J connectivity index is 1.41. The summed E-state index contributed by atoms with van der Waals surface area (Å²) < 4.78 is 0. The average Bonchev–Trinajstić information content (AvgIpc) is 3.27. The zero-order valence-electron chi connectivity index (χ0n) is 20.7. The minimum absolute atomic E-state index is 0.0407. The third kappa shape index (κ3) is 5.08. The van der Waals surface area contributed by atoms with Crippen molar-refractivity contribution in [3.05, 3.63) is 0 Å². The van der Waals surface area contributed by atoms with Crippen LogP contribution in [0.3, 0.4) is 0 Å². The van der Waals surface area contributed by atoms with Gasteiger partial charge in [-0.25, -0.2) is 0 Å². The normalized spacial score (nSPS) is 29.5. The van der Waals surface area contributed by atoms with Crippen LogP contribution in [-0.4, -0.2) is 82.4 Å². The number of amides is 3. The number of rotatable bonds is 5. The highest BCUT2D eigenvalue weighted by atomic mass is 16.3. The summed E-state index contributed by atoms with van der Waals surface area (Å²) >= 11 is 0.